The lowest BCUT2D eigenvalue weighted by molar-refractivity contribution is 0.252. The lowest BCUT2D eigenvalue weighted by Gasteiger charge is -2.13. The number of urea groups is 1. The molecule has 0 atom stereocenters. The molecule has 2 aromatic carbocycles. The summed E-state index contributed by atoms with van der Waals surface area (Å²) in [6.45, 7) is 0.498. The highest BCUT2D eigenvalue weighted by Gasteiger charge is 2.09. The van der Waals surface area contributed by atoms with Crippen LogP contribution in [0.5, 0.6) is 11.5 Å². The molecule has 0 saturated carbocycles. The molecule has 128 valence electrons. The molecule has 0 unspecified atom stereocenters. The van der Waals surface area contributed by atoms with Crippen LogP contribution in [-0.4, -0.2) is 33.1 Å². The topological polar surface area (TPSA) is 59.6 Å². The molecule has 24 heavy (non-hydrogen) atoms. The predicted octanol–water partition coefficient (Wildman–Crippen LogP) is 3.79. The highest BCUT2D eigenvalue weighted by atomic mass is 32.2. The van der Waals surface area contributed by atoms with E-state index in [0.717, 1.165) is 16.1 Å². The van der Waals surface area contributed by atoms with E-state index >= 15 is 0 Å². The average molecular weight is 346 g/mol. The van der Waals surface area contributed by atoms with E-state index in [1.165, 1.54) is 0 Å². The lowest BCUT2D eigenvalue weighted by Crippen LogP contribution is -2.30. The fourth-order valence-corrected chi connectivity index (χ4v) is 2.72. The zero-order chi connectivity index (χ0) is 17.4. The number of rotatable bonds is 7. The summed E-state index contributed by atoms with van der Waals surface area (Å²) in [4.78, 5) is 13.1. The second-order valence-corrected chi connectivity index (χ2v) is 5.89. The van der Waals surface area contributed by atoms with Crippen LogP contribution in [0, 0.1) is 0 Å². The molecule has 0 saturated heterocycles. The number of para-hydroxylation sites is 1. The highest BCUT2D eigenvalue weighted by molar-refractivity contribution is 7.98. The van der Waals surface area contributed by atoms with Crippen molar-refractivity contribution in [2.24, 2.45) is 0 Å². The van der Waals surface area contributed by atoms with E-state index < -0.39 is 0 Å². The first kappa shape index (κ1) is 18.0. The van der Waals surface area contributed by atoms with Crippen molar-refractivity contribution in [3.8, 4) is 11.5 Å². The zero-order valence-corrected chi connectivity index (χ0v) is 14.9. The number of carbonyl (C=O) groups excluding carboxylic acids is 1. The maximum Gasteiger partial charge on any atom is 0.319 e. The van der Waals surface area contributed by atoms with Gasteiger partial charge in [0.2, 0.25) is 0 Å². The van der Waals surface area contributed by atoms with Crippen molar-refractivity contribution in [2.45, 2.75) is 11.3 Å². The van der Waals surface area contributed by atoms with E-state index in [9.17, 15) is 4.79 Å². The summed E-state index contributed by atoms with van der Waals surface area (Å²) in [7, 11) is 3.22. The van der Waals surface area contributed by atoms with Crippen LogP contribution in [0.4, 0.5) is 10.5 Å². The van der Waals surface area contributed by atoms with Crippen molar-refractivity contribution in [3.05, 3.63) is 48.0 Å². The number of nitrogens with one attached hydrogen (secondary N) is 2. The fourth-order valence-electron chi connectivity index (χ4n) is 2.31. The van der Waals surface area contributed by atoms with Gasteiger partial charge in [0.15, 0.2) is 11.5 Å². The summed E-state index contributed by atoms with van der Waals surface area (Å²) < 4.78 is 10.7. The number of thioether (sulfide) groups is 1. The minimum atomic E-state index is -0.228. The van der Waals surface area contributed by atoms with Crippen LogP contribution in [0.2, 0.25) is 0 Å². The van der Waals surface area contributed by atoms with Crippen LogP contribution >= 0.6 is 11.8 Å². The predicted molar refractivity (Wildman–Crippen MR) is 98.5 cm³/mol. The Balaban J connectivity index is 1.86. The van der Waals surface area contributed by atoms with E-state index in [1.807, 2.05) is 48.7 Å². The number of ether oxygens (including phenoxy) is 2. The molecule has 0 aliphatic rings. The molecule has 0 aliphatic heterocycles. The standard InChI is InChI=1S/C18H22N2O3S/c1-22-16-6-4-5-13(17(16)23-2)11-12-19-18(21)20-14-7-9-15(24-3)10-8-14/h4-10H,11-12H2,1-3H3,(H2,19,20,21). The molecule has 0 aromatic heterocycles. The quantitative estimate of drug-likeness (QED) is 0.749. The number of amides is 2. The maximum absolute atomic E-state index is 12.0. The van der Waals surface area contributed by atoms with E-state index in [0.29, 0.717) is 24.5 Å². The van der Waals surface area contributed by atoms with Crippen molar-refractivity contribution >= 4 is 23.5 Å². The smallest absolute Gasteiger partial charge is 0.319 e. The lowest BCUT2D eigenvalue weighted by atomic mass is 10.1. The summed E-state index contributed by atoms with van der Waals surface area (Å²) in [6.07, 6.45) is 2.67. The van der Waals surface area contributed by atoms with Crippen molar-refractivity contribution in [2.75, 3.05) is 32.3 Å². The van der Waals surface area contributed by atoms with Gasteiger partial charge in [-0.3, -0.25) is 0 Å². The molecule has 0 heterocycles. The normalized spacial score (nSPS) is 10.1. The Bertz CT molecular complexity index is 674. The van der Waals surface area contributed by atoms with Crippen molar-refractivity contribution in [1.29, 1.82) is 0 Å². The van der Waals surface area contributed by atoms with Crippen LogP contribution < -0.4 is 20.1 Å². The summed E-state index contributed by atoms with van der Waals surface area (Å²) in [5.41, 5.74) is 1.76. The molecule has 2 amide bonds. The summed E-state index contributed by atoms with van der Waals surface area (Å²) in [5.74, 6) is 1.39. The molecular weight excluding hydrogens is 324 g/mol. The first-order chi connectivity index (χ1) is 11.7. The molecule has 2 aromatic rings. The van der Waals surface area contributed by atoms with Crippen molar-refractivity contribution in [1.82, 2.24) is 5.32 Å². The molecule has 0 aliphatic carbocycles. The first-order valence-corrected chi connectivity index (χ1v) is 8.79. The van der Waals surface area contributed by atoms with Gasteiger partial charge in [-0.05, 0) is 48.6 Å². The van der Waals surface area contributed by atoms with Gasteiger partial charge in [0.05, 0.1) is 14.2 Å². The summed E-state index contributed by atoms with van der Waals surface area (Å²) in [6, 6.07) is 13.2. The number of carbonyl (C=O) groups is 1. The molecule has 0 bridgehead atoms. The number of anilines is 1. The maximum atomic E-state index is 12.0. The van der Waals surface area contributed by atoms with Crippen LogP contribution in [0.1, 0.15) is 5.56 Å². The van der Waals surface area contributed by atoms with Crippen molar-refractivity contribution in [3.63, 3.8) is 0 Å². The molecule has 0 spiro atoms. The minimum Gasteiger partial charge on any atom is -0.493 e. The van der Waals surface area contributed by atoms with Crippen LogP contribution in [0.3, 0.4) is 0 Å². The Kier molecular flexibility index (Phi) is 6.81. The van der Waals surface area contributed by atoms with E-state index in [1.54, 1.807) is 26.0 Å². The highest BCUT2D eigenvalue weighted by Crippen LogP contribution is 2.30. The molecular formula is C18H22N2O3S. The number of methoxy groups -OCH3 is 2. The number of hydrogen-bond acceptors (Lipinski definition) is 4. The van der Waals surface area contributed by atoms with Gasteiger partial charge in [-0.25, -0.2) is 4.79 Å². The third kappa shape index (κ3) is 4.83. The van der Waals surface area contributed by atoms with Crippen LogP contribution in [0.25, 0.3) is 0 Å². The van der Waals surface area contributed by atoms with E-state index in [4.69, 9.17) is 9.47 Å². The van der Waals surface area contributed by atoms with E-state index in [2.05, 4.69) is 10.6 Å². The first-order valence-electron chi connectivity index (χ1n) is 7.56. The minimum absolute atomic E-state index is 0.228. The second kappa shape index (κ2) is 9.08. The summed E-state index contributed by atoms with van der Waals surface area (Å²) >= 11 is 1.66. The molecule has 0 radical (unpaired) electrons. The third-order valence-corrected chi connectivity index (χ3v) is 4.26. The average Bonchev–Trinajstić information content (AvgIpc) is 2.62. The van der Waals surface area contributed by atoms with Gasteiger partial charge in [0.25, 0.3) is 0 Å². The van der Waals surface area contributed by atoms with Gasteiger partial charge in [-0.15, -0.1) is 11.8 Å². The Morgan fingerprint density at radius 1 is 1.08 bits per heavy atom. The van der Waals surface area contributed by atoms with Gasteiger partial charge < -0.3 is 20.1 Å². The van der Waals surface area contributed by atoms with Crippen molar-refractivity contribution < 1.29 is 14.3 Å². The Morgan fingerprint density at radius 2 is 1.83 bits per heavy atom. The van der Waals surface area contributed by atoms with Gasteiger partial charge >= 0.3 is 6.03 Å². The Morgan fingerprint density at radius 3 is 2.46 bits per heavy atom. The second-order valence-electron chi connectivity index (χ2n) is 5.01. The van der Waals surface area contributed by atoms with Crippen LogP contribution in [0.15, 0.2) is 47.4 Å². The Labute approximate surface area is 146 Å². The monoisotopic (exact) mass is 346 g/mol. The molecule has 2 N–H and O–H groups in total. The third-order valence-electron chi connectivity index (χ3n) is 3.51. The van der Waals surface area contributed by atoms with Gasteiger partial charge in [-0.2, -0.15) is 0 Å². The molecule has 0 fully saturated rings. The van der Waals surface area contributed by atoms with Gasteiger partial charge in [0, 0.05) is 17.1 Å². The Hall–Kier alpha value is -2.34. The molecule has 2 rings (SSSR count). The molecule has 6 heteroatoms. The van der Waals surface area contributed by atoms with Gasteiger partial charge in [-0.1, -0.05) is 12.1 Å². The summed E-state index contributed by atoms with van der Waals surface area (Å²) in [5, 5.41) is 5.66. The van der Waals surface area contributed by atoms with Gasteiger partial charge in [0.1, 0.15) is 0 Å². The zero-order valence-electron chi connectivity index (χ0n) is 14.1. The van der Waals surface area contributed by atoms with E-state index in [-0.39, 0.29) is 6.03 Å². The number of benzene rings is 2. The van der Waals surface area contributed by atoms with Crippen LogP contribution in [-0.2, 0) is 6.42 Å². The molecule has 5 nitrogen and oxygen atoms in total. The SMILES string of the molecule is COc1cccc(CCNC(=O)Nc2ccc(SC)cc2)c1OC. The fraction of sp³-hybridized carbons (Fsp3) is 0.278. The largest absolute Gasteiger partial charge is 0.493 e. The number of hydrogen-bond donors (Lipinski definition) is 2.